The van der Waals surface area contributed by atoms with Crippen LogP contribution in [-0.2, 0) is 11.3 Å². The predicted molar refractivity (Wildman–Crippen MR) is 131 cm³/mol. The number of hydrogen-bond acceptors (Lipinski definition) is 5. The molecule has 0 spiro atoms. The molecule has 3 rings (SSSR count). The lowest BCUT2D eigenvalue weighted by molar-refractivity contribution is -0.113. The Morgan fingerprint density at radius 3 is 2.56 bits per heavy atom. The minimum atomic E-state index is -0.330. The summed E-state index contributed by atoms with van der Waals surface area (Å²) in [4.78, 5) is 25.1. The highest BCUT2D eigenvalue weighted by Gasteiger charge is 2.20. The number of aromatic nitrogens is 3. The van der Waals surface area contributed by atoms with Gasteiger partial charge in [-0.05, 0) is 63.1 Å². The standard InChI is InChI=1S/C23H26BrN5O2S/c1-5-29-21(16(4)25-22(31)18-9-7-6-8-14(18)2)27-28-23(29)32-13-20(30)26-19-11-10-17(24)12-15(19)3/h6-12,16H,5,13H2,1-4H3,(H,25,31)(H,26,30)/t16-/m1/s1. The minimum Gasteiger partial charge on any atom is -0.342 e. The topological polar surface area (TPSA) is 88.9 Å². The lowest BCUT2D eigenvalue weighted by Crippen LogP contribution is -2.29. The molecule has 168 valence electrons. The van der Waals surface area contributed by atoms with Crippen molar-refractivity contribution in [1.29, 1.82) is 0 Å². The molecule has 0 bridgehead atoms. The van der Waals surface area contributed by atoms with E-state index in [0.717, 1.165) is 21.3 Å². The van der Waals surface area contributed by atoms with Crippen LogP contribution in [-0.4, -0.2) is 32.3 Å². The zero-order valence-corrected chi connectivity index (χ0v) is 20.9. The van der Waals surface area contributed by atoms with E-state index in [9.17, 15) is 9.59 Å². The SMILES string of the molecule is CCn1c(SCC(=O)Nc2ccc(Br)cc2C)nnc1[C@@H](C)NC(=O)c1ccccc1C. The highest BCUT2D eigenvalue weighted by atomic mass is 79.9. The molecule has 0 saturated carbocycles. The largest absolute Gasteiger partial charge is 0.342 e. The van der Waals surface area contributed by atoms with Crippen molar-refractivity contribution in [2.75, 3.05) is 11.1 Å². The van der Waals surface area contributed by atoms with Gasteiger partial charge in [-0.2, -0.15) is 0 Å². The number of nitrogens with one attached hydrogen (secondary N) is 2. The molecule has 9 heteroatoms. The first-order chi connectivity index (χ1) is 15.3. The fourth-order valence-electron chi connectivity index (χ4n) is 3.27. The third kappa shape index (κ3) is 5.77. The van der Waals surface area contributed by atoms with Crippen LogP contribution in [0.2, 0.25) is 0 Å². The molecule has 0 aliphatic rings. The molecule has 3 aromatic rings. The highest BCUT2D eigenvalue weighted by Crippen LogP contribution is 2.23. The molecule has 0 aliphatic heterocycles. The molecular weight excluding hydrogens is 490 g/mol. The number of anilines is 1. The maximum atomic E-state index is 12.7. The fourth-order valence-corrected chi connectivity index (χ4v) is 4.56. The average Bonchev–Trinajstić information content (AvgIpc) is 3.17. The maximum Gasteiger partial charge on any atom is 0.252 e. The molecule has 2 amide bonds. The van der Waals surface area contributed by atoms with Crippen LogP contribution in [0.3, 0.4) is 0 Å². The van der Waals surface area contributed by atoms with Crippen LogP contribution in [0.25, 0.3) is 0 Å². The van der Waals surface area contributed by atoms with Gasteiger partial charge in [-0.25, -0.2) is 0 Å². The number of carbonyl (C=O) groups is 2. The normalized spacial score (nSPS) is 11.8. The van der Waals surface area contributed by atoms with Crippen LogP contribution in [0.15, 0.2) is 52.1 Å². The van der Waals surface area contributed by atoms with Gasteiger partial charge in [0, 0.05) is 22.3 Å². The van der Waals surface area contributed by atoms with E-state index in [2.05, 4.69) is 36.8 Å². The predicted octanol–water partition coefficient (Wildman–Crippen LogP) is 4.90. The summed E-state index contributed by atoms with van der Waals surface area (Å²) in [5.74, 6) is 0.590. The molecule has 0 saturated heterocycles. The van der Waals surface area contributed by atoms with E-state index in [0.29, 0.717) is 23.1 Å². The summed E-state index contributed by atoms with van der Waals surface area (Å²) in [7, 11) is 0. The molecule has 0 fully saturated rings. The molecular formula is C23H26BrN5O2S. The van der Waals surface area contributed by atoms with E-state index >= 15 is 0 Å². The van der Waals surface area contributed by atoms with Crippen LogP contribution in [0.4, 0.5) is 5.69 Å². The van der Waals surface area contributed by atoms with Gasteiger partial charge in [0.1, 0.15) is 0 Å². The number of amides is 2. The maximum absolute atomic E-state index is 12.7. The molecule has 1 atom stereocenters. The van der Waals surface area contributed by atoms with Crippen molar-refractivity contribution in [2.45, 2.75) is 45.4 Å². The number of halogens is 1. The average molecular weight is 516 g/mol. The number of aryl methyl sites for hydroxylation is 2. The molecule has 0 aliphatic carbocycles. The van der Waals surface area contributed by atoms with Gasteiger partial charge in [0.05, 0.1) is 11.8 Å². The summed E-state index contributed by atoms with van der Waals surface area (Å²) in [5.41, 5.74) is 3.31. The van der Waals surface area contributed by atoms with E-state index in [1.165, 1.54) is 11.8 Å². The van der Waals surface area contributed by atoms with Crippen molar-refractivity contribution in [3.8, 4) is 0 Å². The highest BCUT2D eigenvalue weighted by molar-refractivity contribution is 9.10. The van der Waals surface area contributed by atoms with Gasteiger partial charge in [0.25, 0.3) is 5.91 Å². The van der Waals surface area contributed by atoms with Gasteiger partial charge in [-0.1, -0.05) is 45.9 Å². The summed E-state index contributed by atoms with van der Waals surface area (Å²) < 4.78 is 2.89. The van der Waals surface area contributed by atoms with E-state index in [-0.39, 0.29) is 23.6 Å². The van der Waals surface area contributed by atoms with Crippen LogP contribution in [0.5, 0.6) is 0 Å². The van der Waals surface area contributed by atoms with E-state index in [4.69, 9.17) is 0 Å². The molecule has 7 nitrogen and oxygen atoms in total. The quantitative estimate of drug-likeness (QED) is 0.416. The van der Waals surface area contributed by atoms with Crippen LogP contribution >= 0.6 is 27.7 Å². The third-order valence-electron chi connectivity index (χ3n) is 4.98. The minimum absolute atomic E-state index is 0.117. The van der Waals surface area contributed by atoms with E-state index in [1.54, 1.807) is 6.07 Å². The third-order valence-corrected chi connectivity index (χ3v) is 6.44. The Balaban J connectivity index is 1.64. The Bertz CT molecular complexity index is 1130. The Morgan fingerprint density at radius 2 is 1.88 bits per heavy atom. The second-order valence-electron chi connectivity index (χ2n) is 7.39. The molecule has 0 radical (unpaired) electrons. The number of nitrogens with zero attached hydrogens (tertiary/aromatic N) is 3. The summed E-state index contributed by atoms with van der Waals surface area (Å²) in [5, 5.41) is 15.1. The summed E-state index contributed by atoms with van der Waals surface area (Å²) >= 11 is 4.74. The summed E-state index contributed by atoms with van der Waals surface area (Å²) in [6, 6.07) is 12.8. The van der Waals surface area contributed by atoms with Crippen LogP contribution in [0, 0.1) is 13.8 Å². The van der Waals surface area contributed by atoms with Gasteiger partial charge >= 0.3 is 0 Å². The lowest BCUT2D eigenvalue weighted by Gasteiger charge is -2.16. The lowest BCUT2D eigenvalue weighted by atomic mass is 10.1. The number of benzene rings is 2. The van der Waals surface area contributed by atoms with Crippen molar-refractivity contribution in [3.05, 3.63) is 69.5 Å². The monoisotopic (exact) mass is 515 g/mol. The Labute approximate surface area is 200 Å². The first-order valence-electron chi connectivity index (χ1n) is 10.3. The molecule has 2 N–H and O–H groups in total. The van der Waals surface area contributed by atoms with Gasteiger partial charge in [0.2, 0.25) is 5.91 Å². The van der Waals surface area contributed by atoms with Crippen molar-refractivity contribution in [3.63, 3.8) is 0 Å². The van der Waals surface area contributed by atoms with Crippen LogP contribution in [0.1, 0.15) is 47.2 Å². The number of thioether (sulfide) groups is 1. The van der Waals surface area contributed by atoms with E-state index < -0.39 is 0 Å². The fraction of sp³-hybridized carbons (Fsp3) is 0.304. The Kier molecular flexibility index (Phi) is 8.09. The van der Waals surface area contributed by atoms with E-state index in [1.807, 2.05) is 68.7 Å². The molecule has 32 heavy (non-hydrogen) atoms. The first-order valence-corrected chi connectivity index (χ1v) is 12.1. The molecule has 1 heterocycles. The van der Waals surface area contributed by atoms with Crippen molar-refractivity contribution < 1.29 is 9.59 Å². The van der Waals surface area contributed by atoms with Crippen LogP contribution < -0.4 is 10.6 Å². The second-order valence-corrected chi connectivity index (χ2v) is 9.25. The first kappa shape index (κ1) is 24.0. The molecule has 1 aromatic heterocycles. The smallest absolute Gasteiger partial charge is 0.252 e. The number of hydrogen-bond donors (Lipinski definition) is 2. The van der Waals surface area contributed by atoms with Crippen molar-refractivity contribution in [2.24, 2.45) is 0 Å². The van der Waals surface area contributed by atoms with Gasteiger partial charge in [-0.3, -0.25) is 9.59 Å². The van der Waals surface area contributed by atoms with Gasteiger partial charge < -0.3 is 15.2 Å². The van der Waals surface area contributed by atoms with Crippen molar-refractivity contribution >= 4 is 45.2 Å². The summed E-state index contributed by atoms with van der Waals surface area (Å²) in [6.07, 6.45) is 0. The zero-order valence-electron chi connectivity index (χ0n) is 18.5. The summed E-state index contributed by atoms with van der Waals surface area (Å²) in [6.45, 7) is 8.34. The molecule has 0 unspecified atom stereocenters. The van der Waals surface area contributed by atoms with Crippen molar-refractivity contribution in [1.82, 2.24) is 20.1 Å². The Morgan fingerprint density at radius 1 is 1.12 bits per heavy atom. The van der Waals surface area contributed by atoms with Gasteiger partial charge in [0.15, 0.2) is 11.0 Å². The van der Waals surface area contributed by atoms with Gasteiger partial charge in [-0.15, -0.1) is 10.2 Å². The second kappa shape index (κ2) is 10.8. The Hall–Kier alpha value is -2.65. The molecule has 2 aromatic carbocycles. The zero-order chi connectivity index (χ0) is 23.3. The number of rotatable bonds is 8. The number of carbonyl (C=O) groups excluding carboxylic acids is 2.